The molecule has 1 rings (SSSR count). The van der Waals surface area contributed by atoms with Gasteiger partial charge in [0.2, 0.25) is 0 Å². The zero-order valence-corrected chi connectivity index (χ0v) is 17.0. The summed E-state index contributed by atoms with van der Waals surface area (Å²) in [6, 6.07) is 7.55. The van der Waals surface area contributed by atoms with Crippen LogP contribution < -0.4 is 16.0 Å². The fourth-order valence-electron chi connectivity index (χ4n) is 2.52. The van der Waals surface area contributed by atoms with Gasteiger partial charge < -0.3 is 20.7 Å². The Hall–Kier alpha value is -2.08. The van der Waals surface area contributed by atoms with E-state index in [9.17, 15) is 4.79 Å². The van der Waals surface area contributed by atoms with Crippen molar-refractivity contribution >= 4 is 11.9 Å². The summed E-state index contributed by atoms with van der Waals surface area (Å²) >= 11 is 0. The van der Waals surface area contributed by atoms with Gasteiger partial charge in [-0.1, -0.05) is 32.9 Å². The number of hydrogen-bond donors (Lipinski definition) is 3. The van der Waals surface area contributed by atoms with E-state index in [1.165, 1.54) is 0 Å². The van der Waals surface area contributed by atoms with Gasteiger partial charge in [-0.25, -0.2) is 4.99 Å². The quantitative estimate of drug-likeness (QED) is 0.491. The van der Waals surface area contributed by atoms with Crippen molar-refractivity contribution in [3.8, 4) is 0 Å². The van der Waals surface area contributed by atoms with Gasteiger partial charge in [-0.05, 0) is 37.0 Å². The van der Waals surface area contributed by atoms with Crippen LogP contribution in [0, 0.1) is 5.41 Å². The van der Waals surface area contributed by atoms with Crippen LogP contribution in [0.1, 0.15) is 50.5 Å². The van der Waals surface area contributed by atoms with Gasteiger partial charge in [0.1, 0.15) is 0 Å². The molecular weight excluding hydrogens is 328 g/mol. The molecule has 6 heteroatoms. The Bertz CT molecular complexity index is 594. The lowest BCUT2D eigenvalue weighted by molar-refractivity contribution is 0.0205. The minimum atomic E-state index is -0.0588. The average Bonchev–Trinajstić information content (AvgIpc) is 2.59. The van der Waals surface area contributed by atoms with Crippen LogP contribution in [0.5, 0.6) is 0 Å². The number of amides is 1. The SMILES string of the molecule is CCNC(=O)c1cccc(CN=C(NCC)NCC(OC)C(C)(C)C)c1. The number of hydrogen-bond acceptors (Lipinski definition) is 3. The number of aliphatic imine (C=N–C) groups is 1. The first-order valence-corrected chi connectivity index (χ1v) is 9.23. The summed E-state index contributed by atoms with van der Waals surface area (Å²) in [4.78, 5) is 16.6. The fraction of sp³-hybridized carbons (Fsp3) is 0.600. The molecule has 0 spiro atoms. The molecule has 0 heterocycles. The van der Waals surface area contributed by atoms with E-state index in [0.717, 1.165) is 18.1 Å². The molecule has 1 aromatic carbocycles. The van der Waals surface area contributed by atoms with Gasteiger partial charge in [-0.2, -0.15) is 0 Å². The van der Waals surface area contributed by atoms with Crippen LogP contribution in [0.3, 0.4) is 0 Å². The van der Waals surface area contributed by atoms with Crippen LogP contribution in [-0.4, -0.2) is 44.7 Å². The number of carbonyl (C=O) groups excluding carboxylic acids is 1. The topological polar surface area (TPSA) is 74.8 Å². The number of methoxy groups -OCH3 is 1. The number of carbonyl (C=O) groups is 1. The lowest BCUT2D eigenvalue weighted by Crippen LogP contribution is -2.45. The van der Waals surface area contributed by atoms with Crippen molar-refractivity contribution in [3.05, 3.63) is 35.4 Å². The Labute approximate surface area is 157 Å². The van der Waals surface area contributed by atoms with Gasteiger partial charge in [0.15, 0.2) is 5.96 Å². The summed E-state index contributed by atoms with van der Waals surface area (Å²) in [7, 11) is 1.73. The van der Waals surface area contributed by atoms with E-state index >= 15 is 0 Å². The maximum Gasteiger partial charge on any atom is 0.251 e. The third-order valence-electron chi connectivity index (χ3n) is 4.00. The average molecular weight is 363 g/mol. The molecule has 1 amide bonds. The van der Waals surface area contributed by atoms with Crippen molar-refractivity contribution in [3.63, 3.8) is 0 Å². The molecule has 1 atom stereocenters. The van der Waals surface area contributed by atoms with Crippen molar-refractivity contribution in [2.75, 3.05) is 26.7 Å². The Kier molecular flexibility index (Phi) is 9.13. The highest BCUT2D eigenvalue weighted by atomic mass is 16.5. The molecule has 146 valence electrons. The van der Waals surface area contributed by atoms with Gasteiger partial charge in [0.05, 0.1) is 12.6 Å². The van der Waals surface area contributed by atoms with E-state index in [1.807, 2.05) is 38.1 Å². The third kappa shape index (κ3) is 7.44. The predicted octanol–water partition coefficient (Wildman–Crippen LogP) is 2.55. The standard InChI is InChI=1S/C20H34N4O2/c1-7-21-18(25)16-11-9-10-15(12-16)13-23-19(22-8-2)24-14-17(26-6)20(3,4)5/h9-12,17H,7-8,13-14H2,1-6H3,(H,21,25)(H2,22,23,24). The van der Waals surface area contributed by atoms with E-state index in [0.29, 0.717) is 25.2 Å². The molecule has 1 unspecified atom stereocenters. The molecule has 0 aliphatic heterocycles. The number of nitrogens with one attached hydrogen (secondary N) is 3. The Morgan fingerprint density at radius 1 is 1.15 bits per heavy atom. The Morgan fingerprint density at radius 2 is 1.85 bits per heavy atom. The largest absolute Gasteiger partial charge is 0.379 e. The van der Waals surface area contributed by atoms with Crippen LogP contribution in [-0.2, 0) is 11.3 Å². The van der Waals surface area contributed by atoms with E-state index in [2.05, 4.69) is 41.7 Å². The van der Waals surface area contributed by atoms with Crippen LogP contribution in [0.4, 0.5) is 0 Å². The maximum absolute atomic E-state index is 12.0. The van der Waals surface area contributed by atoms with Crippen molar-refractivity contribution in [2.45, 2.75) is 47.3 Å². The summed E-state index contributed by atoms with van der Waals surface area (Å²) < 4.78 is 5.58. The van der Waals surface area contributed by atoms with Gasteiger partial charge in [0, 0.05) is 32.3 Å². The molecule has 3 N–H and O–H groups in total. The van der Waals surface area contributed by atoms with Crippen LogP contribution in [0.2, 0.25) is 0 Å². The molecule has 0 saturated heterocycles. The second-order valence-electron chi connectivity index (χ2n) is 7.23. The number of rotatable bonds is 8. The fourth-order valence-corrected chi connectivity index (χ4v) is 2.52. The zero-order valence-electron chi connectivity index (χ0n) is 17.0. The number of ether oxygens (including phenoxy) is 1. The summed E-state index contributed by atoms with van der Waals surface area (Å²) in [6.07, 6.45) is 0.0763. The van der Waals surface area contributed by atoms with Crippen LogP contribution in [0.15, 0.2) is 29.3 Å². The highest BCUT2D eigenvalue weighted by Gasteiger charge is 2.24. The third-order valence-corrected chi connectivity index (χ3v) is 4.00. The minimum absolute atomic E-state index is 0.0417. The first kappa shape index (κ1) is 22.0. The molecule has 0 aliphatic rings. The molecular formula is C20H34N4O2. The molecule has 0 bridgehead atoms. The maximum atomic E-state index is 12.0. The van der Waals surface area contributed by atoms with Crippen LogP contribution in [0.25, 0.3) is 0 Å². The molecule has 0 aliphatic carbocycles. The number of benzene rings is 1. The van der Waals surface area contributed by atoms with Crippen molar-refractivity contribution < 1.29 is 9.53 Å². The van der Waals surface area contributed by atoms with E-state index in [4.69, 9.17) is 4.74 Å². The first-order valence-electron chi connectivity index (χ1n) is 9.23. The molecule has 1 aromatic rings. The summed E-state index contributed by atoms with van der Waals surface area (Å²) in [6.45, 7) is 13.0. The zero-order chi connectivity index (χ0) is 19.6. The van der Waals surface area contributed by atoms with E-state index in [-0.39, 0.29) is 17.4 Å². The van der Waals surface area contributed by atoms with Gasteiger partial charge in [0.25, 0.3) is 5.91 Å². The second-order valence-corrected chi connectivity index (χ2v) is 7.23. The molecule has 0 saturated carbocycles. The van der Waals surface area contributed by atoms with Crippen molar-refractivity contribution in [2.24, 2.45) is 10.4 Å². The van der Waals surface area contributed by atoms with Crippen molar-refractivity contribution in [1.82, 2.24) is 16.0 Å². The second kappa shape index (κ2) is 10.8. The molecule has 0 aromatic heterocycles. The van der Waals surface area contributed by atoms with E-state index in [1.54, 1.807) is 7.11 Å². The number of guanidine groups is 1. The minimum Gasteiger partial charge on any atom is -0.379 e. The smallest absolute Gasteiger partial charge is 0.251 e. The molecule has 26 heavy (non-hydrogen) atoms. The highest BCUT2D eigenvalue weighted by molar-refractivity contribution is 5.94. The predicted molar refractivity (Wildman–Crippen MR) is 108 cm³/mol. The normalized spacial score (nSPS) is 13.2. The summed E-state index contributed by atoms with van der Waals surface area (Å²) in [5.74, 6) is 0.679. The highest BCUT2D eigenvalue weighted by Crippen LogP contribution is 2.20. The summed E-state index contributed by atoms with van der Waals surface area (Å²) in [5, 5.41) is 9.40. The Morgan fingerprint density at radius 3 is 2.42 bits per heavy atom. The summed E-state index contributed by atoms with van der Waals surface area (Å²) in [5.41, 5.74) is 1.69. The lowest BCUT2D eigenvalue weighted by atomic mass is 9.89. The van der Waals surface area contributed by atoms with Gasteiger partial charge >= 0.3 is 0 Å². The van der Waals surface area contributed by atoms with E-state index < -0.39 is 0 Å². The monoisotopic (exact) mass is 362 g/mol. The molecule has 6 nitrogen and oxygen atoms in total. The lowest BCUT2D eigenvalue weighted by Gasteiger charge is -2.30. The van der Waals surface area contributed by atoms with Gasteiger partial charge in [-0.3, -0.25) is 4.79 Å². The van der Waals surface area contributed by atoms with Crippen LogP contribution >= 0.6 is 0 Å². The first-order chi connectivity index (χ1) is 12.3. The molecule has 0 radical (unpaired) electrons. The Balaban J connectivity index is 2.77. The van der Waals surface area contributed by atoms with Crippen molar-refractivity contribution in [1.29, 1.82) is 0 Å². The van der Waals surface area contributed by atoms with Gasteiger partial charge in [-0.15, -0.1) is 0 Å². The number of nitrogens with zero attached hydrogens (tertiary/aromatic N) is 1. The molecule has 0 fully saturated rings.